The zero-order valence-corrected chi connectivity index (χ0v) is 14.9. The predicted octanol–water partition coefficient (Wildman–Crippen LogP) is 4.45. The Kier molecular flexibility index (Phi) is 5.22. The highest BCUT2D eigenvalue weighted by Gasteiger charge is 2.15. The zero-order chi connectivity index (χ0) is 19.4. The number of benzene rings is 3. The quantitative estimate of drug-likeness (QED) is 0.548. The van der Waals surface area contributed by atoms with Crippen LogP contribution in [-0.2, 0) is 0 Å². The van der Waals surface area contributed by atoms with Gasteiger partial charge in [0.2, 0.25) is 0 Å². The fourth-order valence-corrected chi connectivity index (χ4v) is 2.34. The number of phenolic OH excluding ortho intramolecular Hbond substituents is 1. The molecule has 0 unspecified atom stereocenters. The topological polar surface area (TPSA) is 72.8 Å². The minimum absolute atomic E-state index is 0.0882. The summed E-state index contributed by atoms with van der Waals surface area (Å²) in [6.07, 6.45) is 0. The fraction of sp³-hybridized carbons (Fsp3) is 0.0909. The van der Waals surface area contributed by atoms with E-state index in [1.54, 1.807) is 36.4 Å². The molecule has 0 aromatic heterocycles. The van der Waals surface area contributed by atoms with Gasteiger partial charge in [0.05, 0.1) is 11.1 Å². The Labute approximate surface area is 156 Å². The van der Waals surface area contributed by atoms with Crippen LogP contribution in [0.1, 0.15) is 31.8 Å². The monoisotopic (exact) mass is 362 g/mol. The Morgan fingerprint density at radius 1 is 0.704 bits per heavy atom. The summed E-state index contributed by atoms with van der Waals surface area (Å²) < 4.78 is 10.5. The molecule has 3 aromatic carbocycles. The van der Waals surface area contributed by atoms with Gasteiger partial charge in [0.15, 0.2) is 11.5 Å². The molecule has 0 radical (unpaired) electrons. The van der Waals surface area contributed by atoms with E-state index < -0.39 is 11.9 Å². The van der Waals surface area contributed by atoms with E-state index in [1.807, 2.05) is 26.0 Å². The molecular formula is C22H18O5. The standard InChI is InChI=1S/C22H18O5/c1-14-3-7-16(8-4-14)21(24)26-18-11-12-19(23)20(13-18)27-22(25)17-9-5-15(2)6-10-17/h3-13,23H,1-2H3. The predicted molar refractivity (Wildman–Crippen MR) is 100 cm³/mol. The van der Waals surface area contributed by atoms with Crippen LogP contribution in [-0.4, -0.2) is 17.0 Å². The van der Waals surface area contributed by atoms with Gasteiger partial charge < -0.3 is 14.6 Å². The second-order valence-electron chi connectivity index (χ2n) is 6.14. The Morgan fingerprint density at radius 3 is 1.70 bits per heavy atom. The van der Waals surface area contributed by atoms with E-state index in [-0.39, 0.29) is 17.2 Å². The van der Waals surface area contributed by atoms with Gasteiger partial charge >= 0.3 is 11.9 Å². The van der Waals surface area contributed by atoms with Gasteiger partial charge in [-0.1, -0.05) is 35.4 Å². The van der Waals surface area contributed by atoms with Crippen LogP contribution in [0.3, 0.4) is 0 Å². The zero-order valence-electron chi connectivity index (χ0n) is 14.9. The van der Waals surface area contributed by atoms with Crippen molar-refractivity contribution in [3.8, 4) is 17.2 Å². The third kappa shape index (κ3) is 4.52. The Balaban J connectivity index is 1.75. The molecule has 5 heteroatoms. The van der Waals surface area contributed by atoms with E-state index in [0.717, 1.165) is 11.1 Å². The molecule has 3 aromatic rings. The molecule has 1 N–H and O–H groups in total. The SMILES string of the molecule is Cc1ccc(C(=O)Oc2ccc(O)c(OC(=O)c3ccc(C)cc3)c2)cc1. The summed E-state index contributed by atoms with van der Waals surface area (Å²) in [5.74, 6) is -1.32. The number of phenols is 1. The number of aryl methyl sites for hydroxylation is 2. The highest BCUT2D eigenvalue weighted by molar-refractivity contribution is 5.92. The highest BCUT2D eigenvalue weighted by atomic mass is 16.5. The van der Waals surface area contributed by atoms with E-state index in [0.29, 0.717) is 11.1 Å². The number of aromatic hydroxyl groups is 1. The summed E-state index contributed by atoms with van der Waals surface area (Å²) in [5, 5.41) is 9.94. The molecule has 3 rings (SSSR count). The van der Waals surface area contributed by atoms with E-state index in [4.69, 9.17) is 9.47 Å². The van der Waals surface area contributed by atoms with Crippen molar-refractivity contribution < 1.29 is 24.2 Å². The van der Waals surface area contributed by atoms with Gasteiger partial charge in [0, 0.05) is 6.07 Å². The second-order valence-corrected chi connectivity index (χ2v) is 6.14. The lowest BCUT2D eigenvalue weighted by atomic mass is 10.1. The molecule has 0 amide bonds. The summed E-state index contributed by atoms with van der Waals surface area (Å²) >= 11 is 0. The van der Waals surface area contributed by atoms with Crippen LogP contribution >= 0.6 is 0 Å². The smallest absolute Gasteiger partial charge is 0.343 e. The number of carbonyl (C=O) groups excluding carboxylic acids is 2. The molecule has 5 nitrogen and oxygen atoms in total. The molecule has 0 fully saturated rings. The van der Waals surface area contributed by atoms with Gasteiger partial charge in [-0.2, -0.15) is 0 Å². The van der Waals surface area contributed by atoms with Crippen LogP contribution in [0, 0.1) is 13.8 Å². The Morgan fingerprint density at radius 2 is 1.19 bits per heavy atom. The molecular weight excluding hydrogens is 344 g/mol. The summed E-state index contributed by atoms with van der Waals surface area (Å²) in [7, 11) is 0. The van der Waals surface area contributed by atoms with Crippen LogP contribution < -0.4 is 9.47 Å². The maximum Gasteiger partial charge on any atom is 0.343 e. The number of rotatable bonds is 4. The molecule has 0 aliphatic heterocycles. The van der Waals surface area contributed by atoms with Crippen LogP contribution in [0.15, 0.2) is 66.7 Å². The van der Waals surface area contributed by atoms with E-state index >= 15 is 0 Å². The van der Waals surface area contributed by atoms with Crippen molar-refractivity contribution in [1.29, 1.82) is 0 Å². The average molecular weight is 362 g/mol. The molecule has 0 aliphatic carbocycles. The summed E-state index contributed by atoms with van der Waals surface area (Å²) in [4.78, 5) is 24.4. The minimum atomic E-state index is -0.618. The molecule has 0 spiro atoms. The minimum Gasteiger partial charge on any atom is -0.504 e. The number of carbonyl (C=O) groups is 2. The van der Waals surface area contributed by atoms with Gasteiger partial charge in [0.1, 0.15) is 5.75 Å². The van der Waals surface area contributed by atoms with Crippen LogP contribution in [0.5, 0.6) is 17.2 Å². The Bertz CT molecular complexity index is 973. The fourth-order valence-electron chi connectivity index (χ4n) is 2.34. The number of esters is 2. The van der Waals surface area contributed by atoms with Crippen LogP contribution in [0.25, 0.3) is 0 Å². The van der Waals surface area contributed by atoms with Crippen LogP contribution in [0.2, 0.25) is 0 Å². The summed E-state index contributed by atoms with van der Waals surface area (Å²) in [6, 6.07) is 17.8. The first-order chi connectivity index (χ1) is 12.9. The van der Waals surface area contributed by atoms with E-state index in [9.17, 15) is 14.7 Å². The van der Waals surface area contributed by atoms with Crippen molar-refractivity contribution >= 4 is 11.9 Å². The van der Waals surface area contributed by atoms with Crippen LogP contribution in [0.4, 0.5) is 0 Å². The molecule has 0 saturated heterocycles. The summed E-state index contributed by atoms with van der Waals surface area (Å²) in [6.45, 7) is 3.83. The second kappa shape index (κ2) is 7.74. The highest BCUT2D eigenvalue weighted by Crippen LogP contribution is 2.31. The lowest BCUT2D eigenvalue weighted by molar-refractivity contribution is 0.0728. The first kappa shape index (κ1) is 18.2. The Hall–Kier alpha value is -3.60. The molecule has 136 valence electrons. The van der Waals surface area contributed by atoms with Gasteiger partial charge in [-0.15, -0.1) is 0 Å². The third-order valence-corrected chi connectivity index (χ3v) is 3.92. The maximum atomic E-state index is 12.2. The normalized spacial score (nSPS) is 10.3. The summed E-state index contributed by atoms with van der Waals surface area (Å²) in [5.41, 5.74) is 2.79. The van der Waals surface area contributed by atoms with E-state index in [2.05, 4.69) is 0 Å². The number of hydrogen-bond donors (Lipinski definition) is 1. The molecule has 0 bridgehead atoms. The first-order valence-electron chi connectivity index (χ1n) is 8.33. The van der Waals surface area contributed by atoms with Gasteiger partial charge in [0.25, 0.3) is 0 Å². The van der Waals surface area contributed by atoms with Crippen molar-refractivity contribution in [2.75, 3.05) is 0 Å². The maximum absolute atomic E-state index is 12.2. The number of hydrogen-bond acceptors (Lipinski definition) is 5. The number of ether oxygens (including phenoxy) is 2. The van der Waals surface area contributed by atoms with Gasteiger partial charge in [-0.3, -0.25) is 0 Å². The van der Waals surface area contributed by atoms with Crippen molar-refractivity contribution in [3.63, 3.8) is 0 Å². The molecule has 0 heterocycles. The van der Waals surface area contributed by atoms with Gasteiger partial charge in [-0.05, 0) is 50.2 Å². The molecule has 27 heavy (non-hydrogen) atoms. The van der Waals surface area contributed by atoms with Gasteiger partial charge in [-0.25, -0.2) is 9.59 Å². The van der Waals surface area contributed by atoms with Crippen molar-refractivity contribution in [3.05, 3.63) is 89.0 Å². The van der Waals surface area contributed by atoms with Crippen molar-refractivity contribution in [2.24, 2.45) is 0 Å². The molecule has 0 atom stereocenters. The lowest BCUT2D eigenvalue weighted by Gasteiger charge is -2.09. The van der Waals surface area contributed by atoms with Crippen molar-refractivity contribution in [2.45, 2.75) is 13.8 Å². The molecule has 0 saturated carbocycles. The average Bonchev–Trinajstić information content (AvgIpc) is 2.65. The van der Waals surface area contributed by atoms with E-state index in [1.165, 1.54) is 18.2 Å². The van der Waals surface area contributed by atoms with Crippen molar-refractivity contribution in [1.82, 2.24) is 0 Å². The third-order valence-electron chi connectivity index (χ3n) is 3.92. The molecule has 0 aliphatic rings. The first-order valence-corrected chi connectivity index (χ1v) is 8.33. The largest absolute Gasteiger partial charge is 0.504 e. The lowest BCUT2D eigenvalue weighted by Crippen LogP contribution is -2.10.